The molecule has 0 aliphatic carbocycles. The van der Waals surface area contributed by atoms with E-state index in [1.165, 1.54) is 12.1 Å². The number of rotatable bonds is 3. The molecule has 0 bridgehead atoms. The maximum Gasteiger partial charge on any atom is 0.126 e. The Morgan fingerprint density at radius 1 is 1.28 bits per heavy atom. The van der Waals surface area contributed by atoms with Crippen LogP contribution in [0, 0.1) is 11.6 Å². The summed E-state index contributed by atoms with van der Waals surface area (Å²) in [6, 6.07) is 4.23. The Hall–Kier alpha value is -1.00. The van der Waals surface area contributed by atoms with Crippen molar-refractivity contribution in [1.82, 2.24) is 10.2 Å². The van der Waals surface area contributed by atoms with E-state index in [4.69, 9.17) is 0 Å². The van der Waals surface area contributed by atoms with E-state index in [0.717, 1.165) is 38.5 Å². The zero-order valence-corrected chi connectivity index (χ0v) is 10.8. The van der Waals surface area contributed by atoms with Crippen LogP contribution in [0.4, 0.5) is 8.78 Å². The van der Waals surface area contributed by atoms with Crippen LogP contribution in [0.15, 0.2) is 18.2 Å². The van der Waals surface area contributed by atoms with E-state index in [9.17, 15) is 8.78 Å². The Morgan fingerprint density at radius 2 is 2.00 bits per heavy atom. The van der Waals surface area contributed by atoms with E-state index < -0.39 is 11.6 Å². The zero-order valence-electron chi connectivity index (χ0n) is 10.8. The fourth-order valence-electron chi connectivity index (χ4n) is 2.45. The molecule has 1 unspecified atom stereocenters. The zero-order chi connectivity index (χ0) is 13.0. The number of hydrogen-bond donors (Lipinski definition) is 1. The van der Waals surface area contributed by atoms with Crippen LogP contribution < -0.4 is 5.32 Å². The fourth-order valence-corrected chi connectivity index (χ4v) is 2.45. The lowest BCUT2D eigenvalue weighted by Crippen LogP contribution is -2.36. The molecule has 0 radical (unpaired) electrons. The third kappa shape index (κ3) is 3.75. The molecule has 1 aromatic carbocycles. The Morgan fingerprint density at radius 3 is 2.67 bits per heavy atom. The molecule has 1 fully saturated rings. The fraction of sp³-hybridized carbons (Fsp3) is 0.571. The quantitative estimate of drug-likeness (QED) is 0.891. The number of nitrogens with one attached hydrogen (secondary N) is 1. The predicted octanol–water partition coefficient (Wildman–Crippen LogP) is 2.54. The molecule has 1 aliphatic heterocycles. The molecule has 2 rings (SSSR count). The Balaban J connectivity index is 2.02. The highest BCUT2D eigenvalue weighted by atomic mass is 19.1. The first-order chi connectivity index (χ1) is 8.67. The first-order valence-corrected chi connectivity index (χ1v) is 6.58. The molecule has 18 heavy (non-hydrogen) atoms. The van der Waals surface area contributed by atoms with Crippen LogP contribution in [0.3, 0.4) is 0 Å². The highest BCUT2D eigenvalue weighted by molar-refractivity contribution is 5.17. The van der Waals surface area contributed by atoms with E-state index in [2.05, 4.69) is 17.1 Å². The molecule has 1 N–H and O–H groups in total. The summed E-state index contributed by atoms with van der Waals surface area (Å²) in [7, 11) is 0. The predicted molar refractivity (Wildman–Crippen MR) is 68.3 cm³/mol. The van der Waals surface area contributed by atoms with Gasteiger partial charge in [0.05, 0.1) is 0 Å². The normalized spacial score (nSPS) is 21.8. The van der Waals surface area contributed by atoms with Gasteiger partial charge >= 0.3 is 0 Å². The highest BCUT2D eigenvalue weighted by Crippen LogP contribution is 2.13. The van der Waals surface area contributed by atoms with Gasteiger partial charge < -0.3 is 5.32 Å². The van der Waals surface area contributed by atoms with Crippen molar-refractivity contribution in [3.63, 3.8) is 0 Å². The van der Waals surface area contributed by atoms with E-state index in [-0.39, 0.29) is 0 Å². The van der Waals surface area contributed by atoms with Crippen LogP contribution in [0.5, 0.6) is 0 Å². The lowest BCUT2D eigenvalue weighted by Gasteiger charge is -2.23. The molecule has 4 heteroatoms. The average molecular weight is 254 g/mol. The molecule has 1 heterocycles. The van der Waals surface area contributed by atoms with Crippen LogP contribution in [0.1, 0.15) is 25.3 Å². The minimum Gasteiger partial charge on any atom is -0.313 e. The number of halogens is 2. The van der Waals surface area contributed by atoms with Gasteiger partial charge in [-0.05, 0) is 43.6 Å². The van der Waals surface area contributed by atoms with E-state index in [1.54, 1.807) is 0 Å². The Labute approximate surface area is 107 Å². The number of benzene rings is 1. The van der Waals surface area contributed by atoms with Crippen molar-refractivity contribution in [2.45, 2.75) is 32.4 Å². The largest absolute Gasteiger partial charge is 0.313 e. The molecule has 0 spiro atoms. The standard InChI is InChI=1S/C14H20F2N2/c1-2-14-10-18(5-3-4-17-14)9-11-6-12(15)8-13(16)7-11/h6-8,14,17H,2-5,9-10H2,1H3. The first-order valence-electron chi connectivity index (χ1n) is 6.58. The average Bonchev–Trinajstić information content (AvgIpc) is 2.52. The van der Waals surface area contributed by atoms with Crippen LogP contribution >= 0.6 is 0 Å². The summed E-state index contributed by atoms with van der Waals surface area (Å²) in [4.78, 5) is 2.27. The van der Waals surface area contributed by atoms with Crippen LogP contribution in [0.2, 0.25) is 0 Å². The van der Waals surface area contributed by atoms with Crippen molar-refractivity contribution < 1.29 is 8.78 Å². The Bertz CT molecular complexity index is 375. The summed E-state index contributed by atoms with van der Waals surface area (Å²) in [5.41, 5.74) is 0.712. The summed E-state index contributed by atoms with van der Waals surface area (Å²) in [6.07, 6.45) is 2.16. The van der Waals surface area contributed by atoms with Crippen molar-refractivity contribution >= 4 is 0 Å². The van der Waals surface area contributed by atoms with Gasteiger partial charge in [0.25, 0.3) is 0 Å². The van der Waals surface area contributed by atoms with Crippen molar-refractivity contribution in [3.8, 4) is 0 Å². The monoisotopic (exact) mass is 254 g/mol. The van der Waals surface area contributed by atoms with Gasteiger partial charge in [0.1, 0.15) is 11.6 Å². The molecule has 1 aromatic rings. The van der Waals surface area contributed by atoms with E-state index in [0.29, 0.717) is 18.2 Å². The van der Waals surface area contributed by atoms with Gasteiger partial charge in [-0.2, -0.15) is 0 Å². The number of hydrogen-bond acceptors (Lipinski definition) is 2. The van der Waals surface area contributed by atoms with Gasteiger partial charge in [-0.3, -0.25) is 4.90 Å². The third-order valence-corrected chi connectivity index (χ3v) is 3.38. The van der Waals surface area contributed by atoms with Gasteiger partial charge in [0.15, 0.2) is 0 Å². The minimum absolute atomic E-state index is 0.478. The summed E-state index contributed by atoms with van der Waals surface area (Å²) in [5, 5.41) is 3.48. The van der Waals surface area contributed by atoms with Gasteiger partial charge in [0.2, 0.25) is 0 Å². The summed E-state index contributed by atoms with van der Waals surface area (Å²) < 4.78 is 26.3. The van der Waals surface area contributed by atoms with Crippen molar-refractivity contribution in [2.24, 2.45) is 0 Å². The van der Waals surface area contributed by atoms with Crippen LogP contribution in [-0.4, -0.2) is 30.6 Å². The lowest BCUT2D eigenvalue weighted by molar-refractivity contribution is 0.257. The van der Waals surface area contributed by atoms with Gasteiger partial charge in [-0.15, -0.1) is 0 Å². The number of nitrogens with zero attached hydrogens (tertiary/aromatic N) is 1. The topological polar surface area (TPSA) is 15.3 Å². The van der Waals surface area contributed by atoms with Crippen molar-refractivity contribution in [2.75, 3.05) is 19.6 Å². The van der Waals surface area contributed by atoms with Crippen molar-refractivity contribution in [3.05, 3.63) is 35.4 Å². The maximum absolute atomic E-state index is 13.1. The highest BCUT2D eigenvalue weighted by Gasteiger charge is 2.16. The van der Waals surface area contributed by atoms with E-state index in [1.807, 2.05) is 0 Å². The smallest absolute Gasteiger partial charge is 0.126 e. The van der Waals surface area contributed by atoms with Crippen molar-refractivity contribution in [1.29, 1.82) is 0 Å². The molecule has 2 nitrogen and oxygen atoms in total. The second kappa shape index (κ2) is 6.25. The van der Waals surface area contributed by atoms with E-state index >= 15 is 0 Å². The van der Waals surface area contributed by atoms with Crippen LogP contribution in [0.25, 0.3) is 0 Å². The van der Waals surface area contributed by atoms with Gasteiger partial charge in [-0.1, -0.05) is 6.92 Å². The molecule has 1 atom stereocenters. The van der Waals surface area contributed by atoms with Crippen LogP contribution in [-0.2, 0) is 6.54 Å². The van der Waals surface area contributed by atoms with Gasteiger partial charge in [0, 0.05) is 25.2 Å². The third-order valence-electron chi connectivity index (χ3n) is 3.38. The molecular formula is C14H20F2N2. The molecule has 1 saturated heterocycles. The molecule has 1 aliphatic rings. The summed E-state index contributed by atoms with van der Waals surface area (Å²) in [5.74, 6) is -0.991. The molecular weight excluding hydrogens is 234 g/mol. The molecule has 0 saturated carbocycles. The minimum atomic E-state index is -0.495. The SMILES string of the molecule is CCC1CN(Cc2cc(F)cc(F)c2)CCCN1. The Kier molecular flexibility index (Phi) is 4.66. The van der Waals surface area contributed by atoms with Gasteiger partial charge in [-0.25, -0.2) is 8.78 Å². The summed E-state index contributed by atoms with van der Waals surface area (Å²) >= 11 is 0. The molecule has 0 amide bonds. The lowest BCUT2D eigenvalue weighted by atomic mass is 10.1. The molecule has 100 valence electrons. The maximum atomic E-state index is 13.1. The second-order valence-corrected chi connectivity index (χ2v) is 4.93. The first kappa shape index (κ1) is 13.4. The summed E-state index contributed by atoms with van der Waals surface area (Å²) in [6.45, 7) is 5.71. The second-order valence-electron chi connectivity index (χ2n) is 4.93. The molecule has 0 aromatic heterocycles.